The van der Waals surface area contributed by atoms with Crippen LogP contribution >= 0.6 is 0 Å². The summed E-state index contributed by atoms with van der Waals surface area (Å²) >= 11 is 0. The minimum Gasteiger partial charge on any atom is -0.496 e. The van der Waals surface area contributed by atoms with Crippen molar-refractivity contribution in [3.63, 3.8) is 0 Å². The zero-order chi connectivity index (χ0) is 25.8. The normalized spacial score (nSPS) is 11.6. The molecule has 0 saturated heterocycles. The number of carbonyl (C=O) groups excluding carboxylic acids is 2. The summed E-state index contributed by atoms with van der Waals surface area (Å²) in [5.74, 6) is -1.21. The smallest absolute Gasteiger partial charge is 0.339 e. The fourth-order valence-corrected chi connectivity index (χ4v) is 3.61. The van der Waals surface area contributed by atoms with Crippen molar-refractivity contribution >= 4 is 34.3 Å². The Balaban J connectivity index is 1.60. The molecule has 4 aromatic rings. The third kappa shape index (κ3) is 4.85. The molecule has 11 nitrogen and oxygen atoms in total. The zero-order valence-electron chi connectivity index (χ0n) is 19.8. The Labute approximate surface area is 205 Å². The van der Waals surface area contributed by atoms with E-state index in [4.69, 9.17) is 9.47 Å². The summed E-state index contributed by atoms with van der Waals surface area (Å²) in [4.78, 5) is 41.3. The lowest BCUT2D eigenvalue weighted by molar-refractivity contribution is -0.384. The number of amides is 1. The van der Waals surface area contributed by atoms with E-state index in [0.29, 0.717) is 23.3 Å². The van der Waals surface area contributed by atoms with Crippen molar-refractivity contribution in [3.05, 3.63) is 76.5 Å². The molecular weight excluding hydrogens is 466 g/mol. The highest BCUT2D eigenvalue weighted by atomic mass is 16.6. The number of fused-ring (bicyclic) bond motifs is 1. The molecule has 2 heterocycles. The van der Waals surface area contributed by atoms with Crippen molar-refractivity contribution in [2.75, 3.05) is 12.4 Å². The number of hydrogen-bond donors (Lipinski definition) is 1. The number of methoxy groups -OCH3 is 1. The van der Waals surface area contributed by atoms with E-state index >= 15 is 0 Å². The van der Waals surface area contributed by atoms with Crippen LogP contribution in [-0.2, 0) is 16.1 Å². The molecule has 1 unspecified atom stereocenters. The first-order valence-electron chi connectivity index (χ1n) is 11.1. The molecule has 0 saturated carbocycles. The van der Waals surface area contributed by atoms with E-state index in [0.717, 1.165) is 5.56 Å². The summed E-state index contributed by atoms with van der Waals surface area (Å²) in [6, 6.07) is 15.0. The second-order valence-electron chi connectivity index (χ2n) is 7.80. The van der Waals surface area contributed by atoms with E-state index in [1.807, 2.05) is 37.3 Å². The number of aromatic nitrogens is 3. The second-order valence-corrected chi connectivity index (χ2v) is 7.80. The summed E-state index contributed by atoms with van der Waals surface area (Å²) in [5, 5.41) is 18.6. The van der Waals surface area contributed by atoms with E-state index in [2.05, 4.69) is 15.4 Å². The lowest BCUT2D eigenvalue weighted by atomic mass is 10.1. The third-order valence-electron chi connectivity index (χ3n) is 5.51. The van der Waals surface area contributed by atoms with Gasteiger partial charge in [0, 0.05) is 12.1 Å². The number of ether oxygens (including phenoxy) is 2. The number of nitrogens with one attached hydrogen (secondary N) is 1. The summed E-state index contributed by atoms with van der Waals surface area (Å²) in [6.45, 7) is 3.84. The SMILES string of the molecule is CCn1ncc2c(C(=O)OC(C)C(=O)Nc3ccc(OC)cc3[N+](=O)[O-])cc(-c3ccccc3)nc21. The average Bonchev–Trinajstić information content (AvgIpc) is 3.31. The van der Waals surface area contributed by atoms with Crippen molar-refractivity contribution in [1.29, 1.82) is 0 Å². The highest BCUT2D eigenvalue weighted by molar-refractivity contribution is 6.05. The van der Waals surface area contributed by atoms with Gasteiger partial charge in [-0.3, -0.25) is 14.9 Å². The maximum absolute atomic E-state index is 13.2. The van der Waals surface area contributed by atoms with Gasteiger partial charge in [0.1, 0.15) is 11.4 Å². The number of nitro benzene ring substituents is 1. The number of rotatable bonds is 8. The van der Waals surface area contributed by atoms with E-state index in [1.165, 1.54) is 38.4 Å². The first-order valence-corrected chi connectivity index (χ1v) is 11.1. The number of pyridine rings is 1. The van der Waals surface area contributed by atoms with Gasteiger partial charge >= 0.3 is 5.97 Å². The number of benzene rings is 2. The Morgan fingerprint density at radius 3 is 2.58 bits per heavy atom. The Bertz CT molecular complexity index is 1450. The quantitative estimate of drug-likeness (QED) is 0.221. The van der Waals surface area contributed by atoms with Gasteiger partial charge in [-0.05, 0) is 32.0 Å². The standard InChI is InChI=1S/C25H23N5O6/c1-4-29-23-19(14-26-29)18(13-21(27-23)16-8-6-5-7-9-16)25(32)36-15(2)24(31)28-20-11-10-17(35-3)12-22(20)30(33)34/h5-15H,4H2,1-3H3,(H,28,31). The summed E-state index contributed by atoms with van der Waals surface area (Å²) < 4.78 is 12.1. The van der Waals surface area contributed by atoms with Gasteiger partial charge in [0.15, 0.2) is 11.8 Å². The molecule has 184 valence electrons. The average molecular weight is 489 g/mol. The van der Waals surface area contributed by atoms with Crippen LogP contribution in [0.25, 0.3) is 22.3 Å². The van der Waals surface area contributed by atoms with Crippen LogP contribution in [0.5, 0.6) is 5.75 Å². The van der Waals surface area contributed by atoms with Crippen LogP contribution < -0.4 is 10.1 Å². The molecule has 2 aromatic carbocycles. The Hall–Kier alpha value is -4.80. The highest BCUT2D eigenvalue weighted by Crippen LogP contribution is 2.29. The van der Waals surface area contributed by atoms with Gasteiger partial charge in [-0.2, -0.15) is 5.10 Å². The van der Waals surface area contributed by atoms with Crippen molar-refractivity contribution in [1.82, 2.24) is 14.8 Å². The topological polar surface area (TPSA) is 138 Å². The van der Waals surface area contributed by atoms with Crippen molar-refractivity contribution in [2.45, 2.75) is 26.5 Å². The molecule has 1 N–H and O–H groups in total. The molecule has 0 bridgehead atoms. The predicted molar refractivity (Wildman–Crippen MR) is 132 cm³/mol. The van der Waals surface area contributed by atoms with Gasteiger partial charge in [-0.25, -0.2) is 14.5 Å². The van der Waals surface area contributed by atoms with Crippen LogP contribution in [0, 0.1) is 10.1 Å². The number of nitrogens with zero attached hydrogens (tertiary/aromatic N) is 4. The molecule has 0 aliphatic carbocycles. The van der Waals surface area contributed by atoms with Gasteiger partial charge in [-0.1, -0.05) is 30.3 Å². The summed E-state index contributed by atoms with van der Waals surface area (Å²) in [7, 11) is 1.38. The molecule has 0 spiro atoms. The lowest BCUT2D eigenvalue weighted by Crippen LogP contribution is -2.30. The van der Waals surface area contributed by atoms with Crippen molar-refractivity contribution < 1.29 is 24.0 Å². The van der Waals surface area contributed by atoms with E-state index < -0.39 is 22.9 Å². The van der Waals surface area contributed by atoms with E-state index in [9.17, 15) is 19.7 Å². The van der Waals surface area contributed by atoms with Crippen LogP contribution in [0.1, 0.15) is 24.2 Å². The molecule has 1 amide bonds. The Morgan fingerprint density at radius 1 is 1.17 bits per heavy atom. The molecule has 11 heteroatoms. The minimum absolute atomic E-state index is 0.0458. The molecule has 0 radical (unpaired) electrons. The number of carbonyl (C=O) groups is 2. The summed E-state index contributed by atoms with van der Waals surface area (Å²) in [6.07, 6.45) is 0.284. The molecule has 1 atom stereocenters. The number of anilines is 1. The predicted octanol–water partition coefficient (Wildman–Crippen LogP) is 4.22. The Morgan fingerprint density at radius 2 is 1.92 bits per heavy atom. The van der Waals surface area contributed by atoms with Gasteiger partial charge in [-0.15, -0.1) is 0 Å². The van der Waals surface area contributed by atoms with Crippen LogP contribution in [0.3, 0.4) is 0 Å². The Kier molecular flexibility index (Phi) is 6.91. The second kappa shape index (κ2) is 10.2. The monoisotopic (exact) mass is 489 g/mol. The molecule has 0 aliphatic heterocycles. The van der Waals surface area contributed by atoms with Gasteiger partial charge in [0.2, 0.25) is 0 Å². The van der Waals surface area contributed by atoms with Gasteiger partial charge in [0.05, 0.1) is 40.9 Å². The fourth-order valence-electron chi connectivity index (χ4n) is 3.61. The number of aryl methyl sites for hydroxylation is 1. The molecule has 0 aliphatic rings. The first-order chi connectivity index (χ1) is 17.3. The van der Waals surface area contributed by atoms with Crippen molar-refractivity contribution in [2.24, 2.45) is 0 Å². The van der Waals surface area contributed by atoms with E-state index in [1.54, 1.807) is 10.7 Å². The molecule has 36 heavy (non-hydrogen) atoms. The molecular formula is C25H23N5O6. The van der Waals surface area contributed by atoms with Crippen LogP contribution in [0.15, 0.2) is 60.8 Å². The number of nitro groups is 1. The maximum atomic E-state index is 13.2. The van der Waals surface area contributed by atoms with Crippen LogP contribution in [0.2, 0.25) is 0 Å². The molecule has 2 aromatic heterocycles. The van der Waals surface area contributed by atoms with Crippen LogP contribution in [-0.4, -0.2) is 44.8 Å². The largest absolute Gasteiger partial charge is 0.496 e. The maximum Gasteiger partial charge on any atom is 0.339 e. The summed E-state index contributed by atoms with van der Waals surface area (Å²) in [5.41, 5.74) is 1.67. The highest BCUT2D eigenvalue weighted by Gasteiger charge is 2.25. The lowest BCUT2D eigenvalue weighted by Gasteiger charge is -2.15. The van der Waals surface area contributed by atoms with Gasteiger partial charge in [0.25, 0.3) is 11.6 Å². The van der Waals surface area contributed by atoms with Crippen LogP contribution in [0.4, 0.5) is 11.4 Å². The molecule has 0 fully saturated rings. The van der Waals surface area contributed by atoms with E-state index in [-0.39, 0.29) is 22.7 Å². The fraction of sp³-hybridized carbons (Fsp3) is 0.200. The zero-order valence-corrected chi connectivity index (χ0v) is 19.8. The van der Waals surface area contributed by atoms with Gasteiger partial charge < -0.3 is 14.8 Å². The molecule has 4 rings (SSSR count). The number of esters is 1. The minimum atomic E-state index is -1.25. The third-order valence-corrected chi connectivity index (χ3v) is 5.51. The van der Waals surface area contributed by atoms with Crippen molar-refractivity contribution in [3.8, 4) is 17.0 Å². The number of hydrogen-bond acceptors (Lipinski definition) is 8. The first kappa shape index (κ1) is 24.3.